The van der Waals surface area contributed by atoms with Gasteiger partial charge in [-0.15, -0.1) is 0 Å². The van der Waals surface area contributed by atoms with Crippen molar-refractivity contribution < 1.29 is 9.90 Å². The molecule has 1 aromatic carbocycles. The van der Waals surface area contributed by atoms with Crippen LogP contribution in [0.1, 0.15) is 44.1 Å². The first-order chi connectivity index (χ1) is 9.16. The summed E-state index contributed by atoms with van der Waals surface area (Å²) < 4.78 is 0. The largest absolute Gasteiger partial charge is 0.384 e. The van der Waals surface area contributed by atoms with E-state index in [1.54, 1.807) is 0 Å². The van der Waals surface area contributed by atoms with Crippen molar-refractivity contribution in [2.45, 2.75) is 44.1 Å². The van der Waals surface area contributed by atoms with Gasteiger partial charge in [0.2, 0.25) is 5.91 Å². The molecule has 1 unspecified atom stereocenters. The monoisotopic (exact) mass is 262 g/mol. The van der Waals surface area contributed by atoms with Crippen LogP contribution in [0.2, 0.25) is 0 Å². The molecule has 0 aliphatic heterocycles. The molecular weight excluding hydrogens is 240 g/mol. The number of hydrogen-bond donors (Lipinski definition) is 3. The SMILES string of the molecule is NNC(=O)CC(O)(c1ccccc1)C1CCCCC1. The van der Waals surface area contributed by atoms with E-state index >= 15 is 0 Å². The van der Waals surface area contributed by atoms with Gasteiger partial charge in [0.25, 0.3) is 0 Å². The van der Waals surface area contributed by atoms with E-state index in [9.17, 15) is 9.90 Å². The second-order valence-electron chi connectivity index (χ2n) is 5.37. The number of benzene rings is 1. The Morgan fingerprint density at radius 1 is 1.26 bits per heavy atom. The van der Waals surface area contributed by atoms with Crippen LogP contribution in [0.15, 0.2) is 30.3 Å². The molecule has 1 aliphatic carbocycles. The highest BCUT2D eigenvalue weighted by molar-refractivity contribution is 5.76. The number of carbonyl (C=O) groups is 1. The minimum atomic E-state index is -1.11. The number of carbonyl (C=O) groups excluding carboxylic acids is 1. The van der Waals surface area contributed by atoms with Crippen molar-refractivity contribution in [1.82, 2.24) is 5.43 Å². The normalized spacial score (nSPS) is 19.7. The van der Waals surface area contributed by atoms with Gasteiger partial charge in [-0.1, -0.05) is 49.6 Å². The molecule has 0 spiro atoms. The summed E-state index contributed by atoms with van der Waals surface area (Å²) in [7, 11) is 0. The molecule has 0 bridgehead atoms. The summed E-state index contributed by atoms with van der Waals surface area (Å²) in [5.41, 5.74) is 1.84. The van der Waals surface area contributed by atoms with Crippen molar-refractivity contribution in [2.75, 3.05) is 0 Å². The molecule has 4 N–H and O–H groups in total. The Labute approximate surface area is 114 Å². The molecule has 0 radical (unpaired) electrons. The maximum absolute atomic E-state index is 11.6. The minimum Gasteiger partial charge on any atom is -0.384 e. The highest BCUT2D eigenvalue weighted by atomic mass is 16.3. The molecule has 4 nitrogen and oxygen atoms in total. The van der Waals surface area contributed by atoms with E-state index in [4.69, 9.17) is 5.84 Å². The summed E-state index contributed by atoms with van der Waals surface area (Å²) in [5.74, 6) is 4.98. The van der Waals surface area contributed by atoms with Crippen LogP contribution in [0.25, 0.3) is 0 Å². The highest BCUT2D eigenvalue weighted by Crippen LogP contribution is 2.41. The maximum Gasteiger partial charge on any atom is 0.237 e. The molecule has 1 saturated carbocycles. The van der Waals surface area contributed by atoms with E-state index in [0.29, 0.717) is 0 Å². The molecule has 19 heavy (non-hydrogen) atoms. The molecule has 4 heteroatoms. The van der Waals surface area contributed by atoms with Crippen molar-refractivity contribution in [2.24, 2.45) is 11.8 Å². The zero-order chi connectivity index (χ0) is 13.7. The van der Waals surface area contributed by atoms with Gasteiger partial charge in [-0.3, -0.25) is 10.2 Å². The summed E-state index contributed by atoms with van der Waals surface area (Å²) in [6, 6.07) is 9.47. The number of hydrogen-bond acceptors (Lipinski definition) is 3. The molecule has 1 amide bonds. The summed E-state index contributed by atoms with van der Waals surface area (Å²) in [6.07, 6.45) is 5.39. The van der Waals surface area contributed by atoms with Gasteiger partial charge in [-0.2, -0.15) is 0 Å². The molecule has 1 aliphatic rings. The first-order valence-electron chi connectivity index (χ1n) is 6.94. The number of rotatable bonds is 4. The molecule has 0 saturated heterocycles. The second-order valence-corrected chi connectivity index (χ2v) is 5.37. The van der Waals surface area contributed by atoms with Crippen LogP contribution >= 0.6 is 0 Å². The molecule has 104 valence electrons. The highest BCUT2D eigenvalue weighted by Gasteiger charge is 2.40. The summed E-state index contributed by atoms with van der Waals surface area (Å²) in [4.78, 5) is 11.6. The van der Waals surface area contributed by atoms with Gasteiger partial charge in [-0.25, -0.2) is 5.84 Å². The maximum atomic E-state index is 11.6. The van der Waals surface area contributed by atoms with E-state index in [0.717, 1.165) is 31.2 Å². The first kappa shape index (κ1) is 14.0. The lowest BCUT2D eigenvalue weighted by atomic mass is 9.71. The van der Waals surface area contributed by atoms with Crippen molar-refractivity contribution in [3.63, 3.8) is 0 Å². The fourth-order valence-corrected chi connectivity index (χ4v) is 3.08. The number of aliphatic hydroxyl groups is 1. The molecular formula is C15H22N2O2. The van der Waals surface area contributed by atoms with Crippen LogP contribution in [0.4, 0.5) is 0 Å². The average molecular weight is 262 g/mol. The third-order valence-electron chi connectivity index (χ3n) is 4.15. The standard InChI is InChI=1S/C15H22N2O2/c16-17-14(18)11-15(19,12-7-3-1-4-8-12)13-9-5-2-6-10-13/h1,3-4,7-8,13,19H,2,5-6,9-11,16H2,(H,17,18). The molecule has 0 heterocycles. The summed E-state index contributed by atoms with van der Waals surface area (Å²) in [6.45, 7) is 0. The van der Waals surface area contributed by atoms with Gasteiger partial charge in [0.05, 0.1) is 6.42 Å². The van der Waals surface area contributed by atoms with Crippen molar-refractivity contribution >= 4 is 5.91 Å². The summed E-state index contributed by atoms with van der Waals surface area (Å²) >= 11 is 0. The van der Waals surface area contributed by atoms with E-state index in [1.165, 1.54) is 6.42 Å². The number of nitrogens with one attached hydrogen (secondary N) is 1. The van der Waals surface area contributed by atoms with Gasteiger partial charge >= 0.3 is 0 Å². The lowest BCUT2D eigenvalue weighted by molar-refractivity contribution is -0.130. The zero-order valence-electron chi connectivity index (χ0n) is 11.1. The molecule has 1 atom stereocenters. The average Bonchev–Trinajstić information content (AvgIpc) is 2.48. The third kappa shape index (κ3) is 3.14. The Kier molecular flexibility index (Phi) is 4.56. The third-order valence-corrected chi connectivity index (χ3v) is 4.15. The predicted molar refractivity (Wildman–Crippen MR) is 73.9 cm³/mol. The molecule has 1 fully saturated rings. The van der Waals surface area contributed by atoms with Crippen molar-refractivity contribution in [3.05, 3.63) is 35.9 Å². The van der Waals surface area contributed by atoms with E-state index < -0.39 is 5.60 Å². The summed E-state index contributed by atoms with van der Waals surface area (Å²) in [5, 5.41) is 11.1. The second kappa shape index (κ2) is 6.17. The Morgan fingerprint density at radius 2 is 1.89 bits per heavy atom. The van der Waals surface area contributed by atoms with Crippen molar-refractivity contribution in [3.8, 4) is 0 Å². The van der Waals surface area contributed by atoms with E-state index in [-0.39, 0.29) is 18.2 Å². The number of amides is 1. The quantitative estimate of drug-likeness (QED) is 0.440. The van der Waals surface area contributed by atoms with Gasteiger partial charge < -0.3 is 5.11 Å². The van der Waals surface area contributed by atoms with Crippen LogP contribution in [0.5, 0.6) is 0 Å². The minimum absolute atomic E-state index is 0.0260. The van der Waals surface area contributed by atoms with Crippen LogP contribution in [-0.4, -0.2) is 11.0 Å². The number of hydrazine groups is 1. The topological polar surface area (TPSA) is 75.3 Å². The Morgan fingerprint density at radius 3 is 2.47 bits per heavy atom. The Hall–Kier alpha value is -1.39. The van der Waals surface area contributed by atoms with Crippen LogP contribution in [-0.2, 0) is 10.4 Å². The van der Waals surface area contributed by atoms with E-state index in [2.05, 4.69) is 5.43 Å². The zero-order valence-corrected chi connectivity index (χ0v) is 11.1. The first-order valence-corrected chi connectivity index (χ1v) is 6.94. The van der Waals surface area contributed by atoms with Crippen molar-refractivity contribution in [1.29, 1.82) is 0 Å². The van der Waals surface area contributed by atoms with Gasteiger partial charge in [-0.05, 0) is 24.3 Å². The van der Waals surface area contributed by atoms with E-state index in [1.807, 2.05) is 30.3 Å². The molecule has 2 rings (SSSR count). The fourth-order valence-electron chi connectivity index (χ4n) is 3.08. The number of nitrogens with two attached hydrogens (primary N) is 1. The van der Waals surface area contributed by atoms with Gasteiger partial charge in [0.15, 0.2) is 0 Å². The Balaban J connectivity index is 2.28. The lowest BCUT2D eigenvalue weighted by Crippen LogP contribution is -2.43. The van der Waals surface area contributed by atoms with Gasteiger partial charge in [0, 0.05) is 0 Å². The molecule has 1 aromatic rings. The fraction of sp³-hybridized carbons (Fsp3) is 0.533. The van der Waals surface area contributed by atoms with Crippen LogP contribution in [0.3, 0.4) is 0 Å². The Bertz CT molecular complexity index is 415. The van der Waals surface area contributed by atoms with Crippen LogP contribution in [0, 0.1) is 5.92 Å². The predicted octanol–water partition coefficient (Wildman–Crippen LogP) is 1.83. The molecule has 0 aromatic heterocycles. The smallest absolute Gasteiger partial charge is 0.237 e. The van der Waals surface area contributed by atoms with Gasteiger partial charge in [0.1, 0.15) is 5.60 Å². The van der Waals surface area contributed by atoms with Crippen LogP contribution < -0.4 is 11.3 Å². The lowest BCUT2D eigenvalue weighted by Gasteiger charge is -2.38.